The molecule has 4 nitrogen and oxygen atoms in total. The number of benzene rings is 16. The van der Waals surface area contributed by atoms with Gasteiger partial charge in [-0.1, -0.05) is 306 Å². The van der Waals surface area contributed by atoms with Gasteiger partial charge in [0.05, 0.1) is 22.1 Å². The molecule has 0 fully saturated rings. The van der Waals surface area contributed by atoms with Gasteiger partial charge in [-0.25, -0.2) is 0 Å². The van der Waals surface area contributed by atoms with E-state index in [9.17, 15) is 0 Å². The highest BCUT2D eigenvalue weighted by atomic mass is 15.0. The van der Waals surface area contributed by atoms with Crippen molar-refractivity contribution in [3.63, 3.8) is 0 Å². The molecule has 28 rings (SSSR count). The summed E-state index contributed by atoms with van der Waals surface area (Å²) in [5, 5.41) is 10.9. The summed E-state index contributed by atoms with van der Waals surface area (Å²) in [6, 6.07) is 118. The van der Waals surface area contributed by atoms with Crippen LogP contribution < -0.4 is 65.6 Å². The van der Waals surface area contributed by atoms with Crippen LogP contribution in [0.3, 0.4) is 0 Å². The SMILES string of the molecule is Cc1ccc2c(c1)-n1c3ccccc3c3ccc4c(c31)B2c1ccccc1C4.Cc1ccc2c(c1)B1c3ccccc3Cc3ccc4c5ccccc5n-2c4c31.Cc1cccc2c1-n1c3ccccc3c3ccc4c(c31)B2c1ccccc1C4.Cc1cccc2c1B1c3ccccc3Cc3ccc4c5ccccc5n-2c4c31. The molecule has 0 amide bonds. The van der Waals surface area contributed by atoms with E-state index >= 15 is 0 Å². The number of para-hydroxylation sites is 5. The first-order chi connectivity index (χ1) is 55.3. The molecule has 8 aliphatic rings. The van der Waals surface area contributed by atoms with Gasteiger partial charge in [0.2, 0.25) is 26.9 Å². The van der Waals surface area contributed by atoms with Crippen LogP contribution in [0.5, 0.6) is 0 Å². The van der Waals surface area contributed by atoms with Crippen molar-refractivity contribution >= 4 is 180 Å². The summed E-state index contributed by atoms with van der Waals surface area (Å²) in [6.07, 6.45) is 4.11. The molecule has 0 spiro atoms. The zero-order valence-electron chi connectivity index (χ0n) is 62.9. The van der Waals surface area contributed by atoms with Crippen LogP contribution in [0.4, 0.5) is 0 Å². The fourth-order valence-electron chi connectivity index (χ4n) is 22.7. The molecule has 8 heteroatoms. The predicted octanol–water partition coefficient (Wildman–Crippen LogP) is 15.3. The molecule has 0 radical (unpaired) electrons. The zero-order valence-corrected chi connectivity index (χ0v) is 62.9. The fraction of sp³-hybridized carbons (Fsp3) is 0.0769. The lowest BCUT2D eigenvalue weighted by Gasteiger charge is -2.34. The Kier molecular flexibility index (Phi) is 13.1. The summed E-state index contributed by atoms with van der Waals surface area (Å²) in [4.78, 5) is 0. The van der Waals surface area contributed by atoms with Crippen LogP contribution in [0, 0.1) is 27.7 Å². The topological polar surface area (TPSA) is 19.7 Å². The Labute approximate surface area is 651 Å². The van der Waals surface area contributed by atoms with Crippen LogP contribution in [-0.4, -0.2) is 45.1 Å². The number of fused-ring (bicyclic) bond motifs is 32. The van der Waals surface area contributed by atoms with Crippen molar-refractivity contribution in [2.24, 2.45) is 0 Å². The molecule has 12 heterocycles. The van der Waals surface area contributed by atoms with Crippen molar-refractivity contribution < 1.29 is 0 Å². The van der Waals surface area contributed by atoms with Gasteiger partial charge in [0.25, 0.3) is 0 Å². The highest BCUT2D eigenvalue weighted by molar-refractivity contribution is 7.01. The number of hydrogen-bond acceptors (Lipinski definition) is 0. The predicted molar refractivity (Wildman–Crippen MR) is 478 cm³/mol. The smallest absolute Gasteiger partial charge is 0.247 e. The molecule has 0 saturated heterocycles. The lowest BCUT2D eigenvalue weighted by molar-refractivity contribution is 1.14. The Morgan fingerprint density at radius 3 is 1.04 bits per heavy atom. The average molecular weight is 1420 g/mol. The molecule has 4 aromatic heterocycles. The van der Waals surface area contributed by atoms with Crippen molar-refractivity contribution in [2.45, 2.75) is 53.4 Å². The van der Waals surface area contributed by atoms with Crippen molar-refractivity contribution in [1.29, 1.82) is 0 Å². The van der Waals surface area contributed by atoms with Crippen LogP contribution in [0.25, 0.3) is 110 Å². The first kappa shape index (κ1) is 62.8. The Balaban J connectivity index is 0.0000000847. The van der Waals surface area contributed by atoms with E-state index in [1.165, 1.54) is 242 Å². The quantitative estimate of drug-likeness (QED) is 0.135. The van der Waals surface area contributed by atoms with Gasteiger partial charge >= 0.3 is 0 Å². The summed E-state index contributed by atoms with van der Waals surface area (Å²) in [7, 11) is 0. The van der Waals surface area contributed by atoms with Crippen molar-refractivity contribution in [1.82, 2.24) is 18.3 Å². The summed E-state index contributed by atoms with van der Waals surface area (Å²) >= 11 is 0. The molecule has 0 N–H and O–H groups in total. The normalized spacial score (nSPS) is 13.7. The Morgan fingerprint density at radius 1 is 0.205 bits per heavy atom. The molecular weight excluding hydrogens is 1350 g/mol. The van der Waals surface area contributed by atoms with E-state index in [0.717, 1.165) is 25.7 Å². The molecule has 16 aromatic carbocycles. The van der Waals surface area contributed by atoms with E-state index in [2.05, 4.69) is 361 Å². The maximum absolute atomic E-state index is 2.54. The second-order valence-electron chi connectivity index (χ2n) is 32.9. The van der Waals surface area contributed by atoms with Crippen molar-refractivity contribution in [3.8, 4) is 22.7 Å². The number of nitrogens with zero attached hydrogens (tertiary/aromatic N) is 4. The second-order valence-corrected chi connectivity index (χ2v) is 32.9. The standard InChI is InChI=1S/4C26H18BN/c1-16-7-6-11-22-25(16)28-23-12-5-3-9-19(23)20-14-13-18-15-17-8-2-4-10-21(17)27(22)24(18)26(20)28;1-16-7-6-12-23-24(16)27-21-10-4-2-8-17(21)15-18-13-14-20-19-9-3-5-11-22(19)28(23)26(20)25(18)27;1-16-10-13-24-22(14-16)27-21-8-4-2-6-17(21)15-18-11-12-20-19-7-3-5-9-23(19)28(24)26(20)25(18)27;1-16-10-13-22-24(14-16)28-23-9-5-3-7-19(23)20-12-11-18-15-17-6-2-4-8-21(17)27(22)25(18)26(20)28/h4*2-14H,15H2,1H3. The first-order valence-electron chi connectivity index (χ1n) is 40.2. The molecule has 0 bridgehead atoms. The van der Waals surface area contributed by atoms with Gasteiger partial charge in [0, 0.05) is 87.9 Å². The molecule has 20 aromatic rings. The minimum Gasteiger partial charge on any atom is -0.310 e. The Hall–Kier alpha value is -13.0. The Bertz CT molecular complexity index is 7500. The van der Waals surface area contributed by atoms with E-state index in [-0.39, 0.29) is 0 Å². The first-order valence-corrected chi connectivity index (χ1v) is 40.2. The van der Waals surface area contributed by atoms with E-state index in [4.69, 9.17) is 0 Å². The number of aryl methyl sites for hydroxylation is 4. The molecule has 0 aliphatic carbocycles. The second kappa shape index (κ2) is 23.3. The highest BCUT2D eigenvalue weighted by Crippen LogP contribution is 2.42. The Morgan fingerprint density at radius 2 is 0.554 bits per heavy atom. The molecular formula is C104H72B4N4. The number of hydrogen-bond donors (Lipinski definition) is 0. The number of rotatable bonds is 0. The zero-order chi connectivity index (χ0) is 73.6. The van der Waals surface area contributed by atoms with E-state index in [1.807, 2.05) is 0 Å². The van der Waals surface area contributed by atoms with Crippen LogP contribution in [0.2, 0.25) is 0 Å². The summed E-state index contributed by atoms with van der Waals surface area (Å²) in [5.74, 6) is 0. The molecule has 0 saturated carbocycles. The summed E-state index contributed by atoms with van der Waals surface area (Å²) in [6.45, 7) is 10.2. The van der Waals surface area contributed by atoms with E-state index in [1.54, 1.807) is 0 Å². The number of aromatic nitrogens is 4. The van der Waals surface area contributed by atoms with Gasteiger partial charge in [-0.15, -0.1) is 0 Å². The van der Waals surface area contributed by atoms with Crippen molar-refractivity contribution in [3.05, 3.63) is 382 Å². The van der Waals surface area contributed by atoms with Gasteiger partial charge < -0.3 is 18.3 Å². The van der Waals surface area contributed by atoms with Crippen LogP contribution in [0.1, 0.15) is 66.8 Å². The summed E-state index contributed by atoms with van der Waals surface area (Å²) < 4.78 is 10.1. The van der Waals surface area contributed by atoms with E-state index in [0.29, 0.717) is 26.9 Å². The third-order valence-corrected chi connectivity index (χ3v) is 27.1. The van der Waals surface area contributed by atoms with Gasteiger partial charge in [0.15, 0.2) is 0 Å². The molecule has 0 unspecified atom stereocenters. The van der Waals surface area contributed by atoms with Crippen molar-refractivity contribution in [2.75, 3.05) is 0 Å². The fourth-order valence-corrected chi connectivity index (χ4v) is 22.7. The lowest BCUT2D eigenvalue weighted by Crippen LogP contribution is -2.60. The van der Waals surface area contributed by atoms with E-state index < -0.39 is 0 Å². The molecule has 8 aliphatic heterocycles. The van der Waals surface area contributed by atoms with Gasteiger partial charge in [-0.05, 0) is 195 Å². The largest absolute Gasteiger partial charge is 0.310 e. The average Bonchev–Trinajstić information content (AvgIpc) is 1.50. The van der Waals surface area contributed by atoms with Gasteiger partial charge in [-0.2, -0.15) is 0 Å². The van der Waals surface area contributed by atoms with Gasteiger partial charge in [0.1, 0.15) is 0 Å². The van der Waals surface area contributed by atoms with Crippen LogP contribution in [-0.2, 0) is 25.7 Å². The maximum atomic E-state index is 2.54. The molecule has 520 valence electrons. The monoisotopic (exact) mass is 1420 g/mol. The lowest BCUT2D eigenvalue weighted by atomic mass is 9.32. The molecule has 112 heavy (non-hydrogen) atoms. The third kappa shape index (κ3) is 8.46. The third-order valence-electron chi connectivity index (χ3n) is 27.1. The minimum absolute atomic E-state index is 0.329. The van der Waals surface area contributed by atoms with Crippen LogP contribution in [0.15, 0.2) is 315 Å². The maximum Gasteiger partial charge on any atom is 0.247 e. The minimum atomic E-state index is 0.329. The van der Waals surface area contributed by atoms with Crippen LogP contribution >= 0.6 is 0 Å². The molecule has 0 atom stereocenters. The summed E-state index contributed by atoms with van der Waals surface area (Å²) in [5.41, 5.74) is 51.2. The highest BCUT2D eigenvalue weighted by Gasteiger charge is 2.44. The van der Waals surface area contributed by atoms with Gasteiger partial charge in [-0.3, -0.25) is 0 Å².